The number of rotatable bonds is 3. The van der Waals surface area contributed by atoms with Crippen LogP contribution in [0.3, 0.4) is 0 Å². The minimum absolute atomic E-state index is 0.142. The molecule has 3 N–H and O–H groups in total. The van der Waals surface area contributed by atoms with Crippen molar-refractivity contribution >= 4 is 5.91 Å². The molecule has 0 bridgehead atoms. The van der Waals surface area contributed by atoms with Crippen LogP contribution < -0.4 is 11.1 Å². The van der Waals surface area contributed by atoms with Crippen molar-refractivity contribution in [3.63, 3.8) is 0 Å². The zero-order valence-corrected chi connectivity index (χ0v) is 8.88. The lowest BCUT2D eigenvalue weighted by atomic mass is 9.76. The van der Waals surface area contributed by atoms with Gasteiger partial charge in [0.05, 0.1) is 5.54 Å². The van der Waals surface area contributed by atoms with Gasteiger partial charge in [0.15, 0.2) is 0 Å². The molecule has 0 spiro atoms. The minimum atomic E-state index is -0.367. The number of carbonyl (C=O) groups is 1. The molecule has 80 valence electrons. The Hall–Kier alpha value is -0.570. The molecule has 0 unspecified atom stereocenters. The van der Waals surface area contributed by atoms with E-state index < -0.39 is 0 Å². The molecule has 2 aliphatic carbocycles. The molecule has 0 aliphatic heterocycles. The lowest BCUT2D eigenvalue weighted by Crippen LogP contribution is -2.57. The standard InChI is InChI=1S/C11H20N2O/c1-8-4-6-11(7-5-8,10(12)14)13-9-2-3-9/h8-9,13H,2-7H2,1H3,(H2,12,14). The summed E-state index contributed by atoms with van der Waals surface area (Å²) in [6, 6.07) is 0.566. The fourth-order valence-corrected chi connectivity index (χ4v) is 2.34. The number of nitrogens with two attached hydrogens (primary N) is 1. The van der Waals surface area contributed by atoms with Gasteiger partial charge < -0.3 is 11.1 Å². The van der Waals surface area contributed by atoms with Crippen LogP contribution in [0.2, 0.25) is 0 Å². The topological polar surface area (TPSA) is 55.1 Å². The van der Waals surface area contributed by atoms with Gasteiger partial charge in [-0.3, -0.25) is 4.79 Å². The molecule has 0 heterocycles. The Balaban J connectivity index is 2.01. The van der Waals surface area contributed by atoms with Crippen molar-refractivity contribution in [2.45, 2.75) is 57.0 Å². The zero-order valence-electron chi connectivity index (χ0n) is 8.88. The van der Waals surface area contributed by atoms with Gasteiger partial charge in [0.1, 0.15) is 0 Å². The third-order valence-corrected chi connectivity index (χ3v) is 3.66. The maximum Gasteiger partial charge on any atom is 0.237 e. The van der Waals surface area contributed by atoms with E-state index in [0.717, 1.165) is 31.6 Å². The molecule has 0 radical (unpaired) electrons. The summed E-state index contributed by atoms with van der Waals surface area (Å²) in [5.41, 5.74) is 5.15. The Kier molecular flexibility index (Phi) is 2.52. The largest absolute Gasteiger partial charge is 0.368 e. The monoisotopic (exact) mass is 196 g/mol. The van der Waals surface area contributed by atoms with Crippen LogP contribution in [0.25, 0.3) is 0 Å². The van der Waals surface area contributed by atoms with E-state index in [-0.39, 0.29) is 11.4 Å². The third kappa shape index (κ3) is 1.92. The molecule has 2 rings (SSSR count). The Bertz CT molecular complexity index is 227. The summed E-state index contributed by atoms with van der Waals surface area (Å²) >= 11 is 0. The molecule has 1 amide bonds. The predicted molar refractivity (Wildman–Crippen MR) is 55.7 cm³/mol. The molecule has 0 aromatic heterocycles. The highest BCUT2D eigenvalue weighted by molar-refractivity contribution is 5.84. The highest BCUT2D eigenvalue weighted by atomic mass is 16.1. The van der Waals surface area contributed by atoms with Crippen molar-refractivity contribution in [3.05, 3.63) is 0 Å². The number of amides is 1. The number of hydrogen-bond donors (Lipinski definition) is 2. The van der Waals surface area contributed by atoms with E-state index in [4.69, 9.17) is 5.73 Å². The Morgan fingerprint density at radius 3 is 2.29 bits per heavy atom. The van der Waals surface area contributed by atoms with Crippen molar-refractivity contribution in [1.29, 1.82) is 0 Å². The second-order valence-electron chi connectivity index (χ2n) is 5.05. The second-order valence-corrected chi connectivity index (χ2v) is 5.05. The van der Waals surface area contributed by atoms with Gasteiger partial charge in [-0.25, -0.2) is 0 Å². The first-order chi connectivity index (χ1) is 6.62. The first-order valence-corrected chi connectivity index (χ1v) is 5.70. The smallest absolute Gasteiger partial charge is 0.237 e. The van der Waals surface area contributed by atoms with E-state index in [0.29, 0.717) is 6.04 Å². The van der Waals surface area contributed by atoms with E-state index in [1.54, 1.807) is 0 Å². The van der Waals surface area contributed by atoms with E-state index in [2.05, 4.69) is 12.2 Å². The zero-order chi connectivity index (χ0) is 10.2. The van der Waals surface area contributed by atoms with Crippen molar-refractivity contribution in [2.75, 3.05) is 0 Å². The van der Waals surface area contributed by atoms with Gasteiger partial charge in [0.25, 0.3) is 0 Å². The van der Waals surface area contributed by atoms with E-state index in [9.17, 15) is 4.79 Å². The third-order valence-electron chi connectivity index (χ3n) is 3.66. The summed E-state index contributed by atoms with van der Waals surface area (Å²) in [5, 5.41) is 3.45. The highest BCUT2D eigenvalue weighted by Crippen LogP contribution is 2.34. The molecule has 2 saturated carbocycles. The fourth-order valence-electron chi connectivity index (χ4n) is 2.34. The van der Waals surface area contributed by atoms with Gasteiger partial charge in [0.2, 0.25) is 5.91 Å². The highest BCUT2D eigenvalue weighted by Gasteiger charge is 2.42. The van der Waals surface area contributed by atoms with Crippen LogP contribution in [-0.4, -0.2) is 17.5 Å². The normalized spacial score (nSPS) is 38.2. The maximum atomic E-state index is 11.5. The van der Waals surface area contributed by atoms with Gasteiger partial charge in [-0.2, -0.15) is 0 Å². The van der Waals surface area contributed by atoms with E-state index >= 15 is 0 Å². The predicted octanol–water partition coefficient (Wildman–Crippen LogP) is 1.17. The lowest BCUT2D eigenvalue weighted by molar-refractivity contribution is -0.126. The van der Waals surface area contributed by atoms with Gasteiger partial charge in [-0.05, 0) is 44.4 Å². The van der Waals surface area contributed by atoms with Gasteiger partial charge in [-0.1, -0.05) is 6.92 Å². The molecule has 0 saturated heterocycles. The average molecular weight is 196 g/mol. The van der Waals surface area contributed by atoms with Crippen LogP contribution in [0.1, 0.15) is 45.4 Å². The number of nitrogens with one attached hydrogen (secondary N) is 1. The summed E-state index contributed by atoms with van der Waals surface area (Å²) < 4.78 is 0. The van der Waals surface area contributed by atoms with Crippen LogP contribution in [0.4, 0.5) is 0 Å². The fraction of sp³-hybridized carbons (Fsp3) is 0.909. The van der Waals surface area contributed by atoms with Crippen molar-refractivity contribution in [3.8, 4) is 0 Å². The van der Waals surface area contributed by atoms with Crippen LogP contribution in [0.15, 0.2) is 0 Å². The number of carbonyl (C=O) groups excluding carboxylic acids is 1. The van der Waals surface area contributed by atoms with Gasteiger partial charge in [0, 0.05) is 6.04 Å². The summed E-state index contributed by atoms with van der Waals surface area (Å²) in [4.78, 5) is 11.5. The Morgan fingerprint density at radius 2 is 1.86 bits per heavy atom. The molecular formula is C11H20N2O. The Labute approximate surface area is 85.4 Å². The summed E-state index contributed by atoms with van der Waals surface area (Å²) in [7, 11) is 0. The summed E-state index contributed by atoms with van der Waals surface area (Å²) in [5.74, 6) is 0.611. The van der Waals surface area contributed by atoms with Crippen molar-refractivity contribution in [2.24, 2.45) is 11.7 Å². The van der Waals surface area contributed by atoms with Crippen LogP contribution in [-0.2, 0) is 4.79 Å². The summed E-state index contributed by atoms with van der Waals surface area (Å²) in [6.45, 7) is 2.25. The van der Waals surface area contributed by atoms with E-state index in [1.165, 1.54) is 12.8 Å². The number of hydrogen-bond acceptors (Lipinski definition) is 2. The quantitative estimate of drug-likeness (QED) is 0.712. The van der Waals surface area contributed by atoms with Crippen molar-refractivity contribution < 1.29 is 4.79 Å². The molecular weight excluding hydrogens is 176 g/mol. The average Bonchev–Trinajstić information content (AvgIpc) is 2.93. The maximum absolute atomic E-state index is 11.5. The summed E-state index contributed by atoms with van der Waals surface area (Å²) in [6.07, 6.45) is 6.54. The first kappa shape index (κ1) is 9.97. The molecule has 2 aliphatic rings. The molecule has 3 nitrogen and oxygen atoms in total. The van der Waals surface area contributed by atoms with Crippen LogP contribution in [0.5, 0.6) is 0 Å². The second kappa shape index (κ2) is 3.54. The van der Waals surface area contributed by atoms with E-state index in [1.807, 2.05) is 0 Å². The SMILES string of the molecule is CC1CCC(NC2CC2)(C(N)=O)CC1. The molecule has 3 heteroatoms. The molecule has 0 aromatic rings. The minimum Gasteiger partial charge on any atom is -0.368 e. The molecule has 0 aromatic carbocycles. The first-order valence-electron chi connectivity index (χ1n) is 5.70. The van der Waals surface area contributed by atoms with Gasteiger partial charge in [-0.15, -0.1) is 0 Å². The van der Waals surface area contributed by atoms with Gasteiger partial charge >= 0.3 is 0 Å². The number of primary amides is 1. The Morgan fingerprint density at radius 1 is 1.29 bits per heavy atom. The molecule has 2 fully saturated rings. The molecule has 14 heavy (non-hydrogen) atoms. The lowest BCUT2D eigenvalue weighted by Gasteiger charge is -2.37. The van der Waals surface area contributed by atoms with Crippen molar-refractivity contribution in [1.82, 2.24) is 5.32 Å². The van der Waals surface area contributed by atoms with Crippen LogP contribution in [0, 0.1) is 5.92 Å². The van der Waals surface area contributed by atoms with Crippen LogP contribution >= 0.6 is 0 Å². The molecule has 0 atom stereocenters.